The first-order valence-corrected chi connectivity index (χ1v) is 8.25. The maximum Gasteiger partial charge on any atom is 0.241 e. The van der Waals surface area contributed by atoms with Gasteiger partial charge >= 0.3 is 0 Å². The second kappa shape index (κ2) is 7.60. The Bertz CT molecular complexity index is 446. The van der Waals surface area contributed by atoms with Crippen LogP contribution >= 0.6 is 0 Å². The van der Waals surface area contributed by atoms with Gasteiger partial charge in [-0.1, -0.05) is 50.1 Å². The molecular weight excluding hydrogens is 260 g/mol. The molecule has 1 aliphatic heterocycles. The maximum absolute atomic E-state index is 12.6. The molecule has 2 rings (SSSR count). The summed E-state index contributed by atoms with van der Waals surface area (Å²) < 4.78 is 0. The Hall–Kier alpha value is -1.35. The van der Waals surface area contributed by atoms with Crippen molar-refractivity contribution < 1.29 is 4.79 Å². The molecular formula is C18H28N2O. The maximum atomic E-state index is 12.6. The molecule has 21 heavy (non-hydrogen) atoms. The predicted molar refractivity (Wildman–Crippen MR) is 87.0 cm³/mol. The summed E-state index contributed by atoms with van der Waals surface area (Å²) in [4.78, 5) is 14.7. The van der Waals surface area contributed by atoms with Crippen LogP contribution in [-0.4, -0.2) is 29.1 Å². The molecule has 1 saturated heterocycles. The highest BCUT2D eigenvalue weighted by Gasteiger charge is 2.38. The van der Waals surface area contributed by atoms with Crippen LogP contribution in [-0.2, 0) is 11.2 Å². The molecule has 116 valence electrons. The SMILES string of the molecule is CCCCC(C)N1C(=O)C(CCc2ccccc2)NC1C. The molecule has 1 heterocycles. The Kier molecular flexibility index (Phi) is 5.80. The highest BCUT2D eigenvalue weighted by molar-refractivity contribution is 5.84. The zero-order valence-corrected chi connectivity index (χ0v) is 13.5. The van der Waals surface area contributed by atoms with Crippen molar-refractivity contribution in [3.05, 3.63) is 35.9 Å². The molecule has 1 N–H and O–H groups in total. The van der Waals surface area contributed by atoms with Gasteiger partial charge in [-0.15, -0.1) is 0 Å². The zero-order valence-electron chi connectivity index (χ0n) is 13.5. The molecule has 3 atom stereocenters. The number of carbonyl (C=O) groups excluding carboxylic acids is 1. The van der Waals surface area contributed by atoms with Crippen molar-refractivity contribution in [1.82, 2.24) is 10.2 Å². The van der Waals surface area contributed by atoms with E-state index >= 15 is 0 Å². The van der Waals surface area contributed by atoms with Gasteiger partial charge in [0.25, 0.3) is 0 Å². The van der Waals surface area contributed by atoms with Crippen LogP contribution < -0.4 is 5.32 Å². The average molecular weight is 288 g/mol. The fourth-order valence-electron chi connectivity index (χ4n) is 3.21. The molecule has 1 aromatic rings. The van der Waals surface area contributed by atoms with Crippen molar-refractivity contribution in [2.75, 3.05) is 0 Å². The predicted octanol–water partition coefficient (Wildman–Crippen LogP) is 3.34. The van der Waals surface area contributed by atoms with E-state index in [0.717, 1.165) is 19.3 Å². The summed E-state index contributed by atoms with van der Waals surface area (Å²) in [6.07, 6.45) is 5.46. The van der Waals surface area contributed by atoms with E-state index in [9.17, 15) is 4.79 Å². The number of nitrogens with one attached hydrogen (secondary N) is 1. The molecule has 1 fully saturated rings. The van der Waals surface area contributed by atoms with Crippen LogP contribution in [0.4, 0.5) is 0 Å². The molecule has 0 spiro atoms. The lowest BCUT2D eigenvalue weighted by atomic mass is 10.0. The minimum atomic E-state index is -0.0238. The van der Waals surface area contributed by atoms with Crippen LogP contribution in [0.2, 0.25) is 0 Å². The number of benzene rings is 1. The standard InChI is InChI=1S/C18H28N2O/c1-4-5-9-14(2)20-15(3)19-17(18(20)21)13-12-16-10-7-6-8-11-16/h6-8,10-11,14-15,17,19H,4-5,9,12-13H2,1-3H3. The van der Waals surface area contributed by atoms with E-state index in [1.54, 1.807) is 0 Å². The Balaban J connectivity index is 1.90. The van der Waals surface area contributed by atoms with Crippen molar-refractivity contribution >= 4 is 5.91 Å². The van der Waals surface area contributed by atoms with Gasteiger partial charge in [0.15, 0.2) is 0 Å². The van der Waals surface area contributed by atoms with Crippen LogP contribution in [0, 0.1) is 0 Å². The third-order valence-electron chi connectivity index (χ3n) is 4.43. The molecule has 0 saturated carbocycles. The second-order valence-corrected chi connectivity index (χ2v) is 6.16. The number of hydrogen-bond acceptors (Lipinski definition) is 2. The fraction of sp³-hybridized carbons (Fsp3) is 0.611. The van der Waals surface area contributed by atoms with Crippen molar-refractivity contribution in [3.8, 4) is 0 Å². The van der Waals surface area contributed by atoms with Crippen molar-refractivity contribution in [2.45, 2.75) is 71.1 Å². The van der Waals surface area contributed by atoms with Gasteiger partial charge in [-0.25, -0.2) is 0 Å². The molecule has 0 aromatic heterocycles. The highest BCUT2D eigenvalue weighted by atomic mass is 16.2. The molecule has 1 amide bonds. The third kappa shape index (κ3) is 4.07. The summed E-state index contributed by atoms with van der Waals surface area (Å²) in [7, 11) is 0. The Labute approximate surface area is 128 Å². The van der Waals surface area contributed by atoms with Gasteiger partial charge in [0.05, 0.1) is 12.2 Å². The fourth-order valence-corrected chi connectivity index (χ4v) is 3.21. The van der Waals surface area contributed by atoms with Crippen LogP contribution in [0.25, 0.3) is 0 Å². The third-order valence-corrected chi connectivity index (χ3v) is 4.43. The molecule has 1 aliphatic rings. The molecule has 0 bridgehead atoms. The lowest BCUT2D eigenvalue weighted by Gasteiger charge is -2.28. The number of amides is 1. The van der Waals surface area contributed by atoms with Crippen LogP contribution in [0.15, 0.2) is 30.3 Å². The second-order valence-electron chi connectivity index (χ2n) is 6.16. The summed E-state index contributed by atoms with van der Waals surface area (Å²) in [5.41, 5.74) is 1.30. The Morgan fingerprint density at radius 3 is 2.67 bits per heavy atom. The van der Waals surface area contributed by atoms with Crippen molar-refractivity contribution in [3.63, 3.8) is 0 Å². The van der Waals surface area contributed by atoms with Crippen molar-refractivity contribution in [1.29, 1.82) is 0 Å². The molecule has 3 nitrogen and oxygen atoms in total. The smallest absolute Gasteiger partial charge is 0.241 e. The highest BCUT2D eigenvalue weighted by Crippen LogP contribution is 2.20. The van der Waals surface area contributed by atoms with Gasteiger partial charge in [-0.2, -0.15) is 0 Å². The number of hydrogen-bond donors (Lipinski definition) is 1. The van der Waals surface area contributed by atoms with E-state index < -0.39 is 0 Å². The summed E-state index contributed by atoms with van der Waals surface area (Å²) in [6.45, 7) is 6.47. The monoisotopic (exact) mass is 288 g/mol. The summed E-state index contributed by atoms with van der Waals surface area (Å²) in [5, 5.41) is 3.46. The largest absolute Gasteiger partial charge is 0.323 e. The average Bonchev–Trinajstić information content (AvgIpc) is 2.78. The van der Waals surface area contributed by atoms with Crippen LogP contribution in [0.5, 0.6) is 0 Å². The van der Waals surface area contributed by atoms with Gasteiger partial charge in [-0.05, 0) is 38.7 Å². The van der Waals surface area contributed by atoms with Gasteiger partial charge < -0.3 is 4.90 Å². The zero-order chi connectivity index (χ0) is 15.2. The van der Waals surface area contributed by atoms with E-state index in [2.05, 4.69) is 50.4 Å². The van der Waals surface area contributed by atoms with E-state index in [1.165, 1.54) is 18.4 Å². The number of nitrogens with zero attached hydrogens (tertiary/aromatic N) is 1. The molecule has 3 unspecified atom stereocenters. The topological polar surface area (TPSA) is 32.3 Å². The van der Waals surface area contributed by atoms with Crippen LogP contribution in [0.1, 0.15) is 52.0 Å². The van der Waals surface area contributed by atoms with E-state index in [1.807, 2.05) is 11.0 Å². The van der Waals surface area contributed by atoms with E-state index in [0.29, 0.717) is 6.04 Å². The number of rotatable bonds is 7. The first-order chi connectivity index (χ1) is 10.1. The molecule has 3 heteroatoms. The van der Waals surface area contributed by atoms with Crippen molar-refractivity contribution in [2.24, 2.45) is 0 Å². The molecule has 1 aromatic carbocycles. The quantitative estimate of drug-likeness (QED) is 0.834. The van der Waals surface area contributed by atoms with E-state index in [4.69, 9.17) is 0 Å². The summed E-state index contributed by atoms with van der Waals surface area (Å²) in [5.74, 6) is 0.280. The van der Waals surface area contributed by atoms with Gasteiger partial charge in [0.1, 0.15) is 0 Å². The molecule has 0 aliphatic carbocycles. The summed E-state index contributed by atoms with van der Waals surface area (Å²) in [6, 6.07) is 10.7. The molecule has 0 radical (unpaired) electrons. The normalized spacial score (nSPS) is 23.6. The lowest BCUT2D eigenvalue weighted by Crippen LogP contribution is -2.41. The minimum Gasteiger partial charge on any atom is -0.323 e. The van der Waals surface area contributed by atoms with Gasteiger partial charge in [-0.3, -0.25) is 10.1 Å². The first-order valence-electron chi connectivity index (χ1n) is 8.25. The first kappa shape index (κ1) is 16.0. The summed E-state index contributed by atoms with van der Waals surface area (Å²) >= 11 is 0. The lowest BCUT2D eigenvalue weighted by molar-refractivity contribution is -0.132. The Morgan fingerprint density at radius 2 is 2.00 bits per heavy atom. The number of carbonyl (C=O) groups is 1. The van der Waals surface area contributed by atoms with Gasteiger partial charge in [0, 0.05) is 6.04 Å². The Morgan fingerprint density at radius 1 is 1.29 bits per heavy atom. The van der Waals surface area contributed by atoms with Gasteiger partial charge in [0.2, 0.25) is 5.91 Å². The number of unbranched alkanes of at least 4 members (excludes halogenated alkanes) is 1. The van der Waals surface area contributed by atoms with E-state index in [-0.39, 0.29) is 18.1 Å². The minimum absolute atomic E-state index is 0.0238. The number of aryl methyl sites for hydroxylation is 1. The van der Waals surface area contributed by atoms with Crippen LogP contribution in [0.3, 0.4) is 0 Å².